The number of alkyl halides is 3. The summed E-state index contributed by atoms with van der Waals surface area (Å²) in [6, 6.07) is 14.0. The summed E-state index contributed by atoms with van der Waals surface area (Å²) in [5.41, 5.74) is 1.66. The summed E-state index contributed by atoms with van der Waals surface area (Å²) >= 11 is 0. The number of halogens is 3. The van der Waals surface area contributed by atoms with E-state index >= 15 is 0 Å². The fourth-order valence-electron chi connectivity index (χ4n) is 4.34. The van der Waals surface area contributed by atoms with Gasteiger partial charge in [-0.2, -0.15) is 13.2 Å². The summed E-state index contributed by atoms with van der Waals surface area (Å²) in [4.78, 5) is 4.49. The lowest BCUT2D eigenvalue weighted by Crippen LogP contribution is -2.42. The first-order chi connectivity index (χ1) is 14.8. The summed E-state index contributed by atoms with van der Waals surface area (Å²) in [5.74, 6) is 0.326. The van der Waals surface area contributed by atoms with E-state index < -0.39 is 11.7 Å². The fraction of sp³-hybridized carbons (Fsp3) is 0.520. The van der Waals surface area contributed by atoms with Crippen LogP contribution >= 0.6 is 0 Å². The molecule has 1 saturated heterocycles. The van der Waals surface area contributed by atoms with Crippen molar-refractivity contribution in [3.63, 3.8) is 0 Å². The van der Waals surface area contributed by atoms with E-state index in [0.717, 1.165) is 50.7 Å². The van der Waals surface area contributed by atoms with Gasteiger partial charge >= 0.3 is 6.18 Å². The highest BCUT2D eigenvalue weighted by Gasteiger charge is 2.35. The van der Waals surface area contributed by atoms with Gasteiger partial charge in [0.2, 0.25) is 0 Å². The molecule has 0 unspecified atom stereocenters. The Morgan fingerprint density at radius 2 is 1.77 bits per heavy atom. The second kappa shape index (κ2) is 10.4. The fourth-order valence-corrected chi connectivity index (χ4v) is 4.34. The lowest BCUT2D eigenvalue weighted by molar-refractivity contribution is -0.139. The molecule has 0 bridgehead atoms. The number of ether oxygens (including phenoxy) is 1. The highest BCUT2D eigenvalue weighted by molar-refractivity contribution is 5.46. The number of rotatable bonds is 8. The molecule has 0 spiro atoms. The number of piperidine rings is 1. The van der Waals surface area contributed by atoms with E-state index in [-0.39, 0.29) is 24.2 Å². The average molecular weight is 435 g/mol. The van der Waals surface area contributed by atoms with Crippen molar-refractivity contribution >= 4 is 5.69 Å². The Bertz CT molecular complexity index is 820. The first-order valence-corrected chi connectivity index (χ1v) is 11.1. The predicted molar refractivity (Wildman–Crippen MR) is 120 cm³/mol. The van der Waals surface area contributed by atoms with Crippen LogP contribution in [0.25, 0.3) is 0 Å². The Kier molecular flexibility index (Phi) is 7.87. The number of unbranched alkanes of at least 4 members (excludes halogenated alkanes) is 1. The molecule has 0 aliphatic carbocycles. The molecular formula is C25H33F3N2O. The molecule has 0 N–H and O–H groups in total. The van der Waals surface area contributed by atoms with Gasteiger partial charge in [-0.3, -0.25) is 0 Å². The van der Waals surface area contributed by atoms with Crippen molar-refractivity contribution in [2.24, 2.45) is 5.92 Å². The van der Waals surface area contributed by atoms with Crippen molar-refractivity contribution in [3.05, 3.63) is 59.7 Å². The van der Waals surface area contributed by atoms with Gasteiger partial charge in [-0.25, -0.2) is 0 Å². The molecule has 0 aromatic heterocycles. The number of para-hydroxylation sites is 1. The molecule has 2 atom stereocenters. The van der Waals surface area contributed by atoms with Gasteiger partial charge in [0.25, 0.3) is 0 Å². The highest BCUT2D eigenvalue weighted by atomic mass is 19.4. The SMILES string of the molecule is CCCCN1CC[C@@H](c2ccc(N(C)C)cc2)[C@H](COc2ccccc2C(F)(F)F)C1. The first-order valence-electron chi connectivity index (χ1n) is 11.1. The molecule has 3 rings (SSSR count). The van der Waals surface area contributed by atoms with Crippen molar-refractivity contribution in [1.82, 2.24) is 4.90 Å². The number of hydrogen-bond donors (Lipinski definition) is 0. The summed E-state index contributed by atoms with van der Waals surface area (Å²) in [7, 11) is 4.02. The van der Waals surface area contributed by atoms with Gasteiger partial charge in [0, 0.05) is 32.2 Å². The predicted octanol–water partition coefficient (Wildman–Crippen LogP) is 6.06. The Labute approximate surface area is 183 Å². The minimum atomic E-state index is -4.42. The number of nitrogens with zero attached hydrogens (tertiary/aromatic N) is 2. The van der Waals surface area contributed by atoms with Gasteiger partial charge in [-0.05, 0) is 61.7 Å². The van der Waals surface area contributed by atoms with Gasteiger partial charge in [-0.15, -0.1) is 0 Å². The minimum absolute atomic E-state index is 0.0811. The largest absolute Gasteiger partial charge is 0.493 e. The average Bonchev–Trinajstić information content (AvgIpc) is 2.76. The van der Waals surface area contributed by atoms with Crippen molar-refractivity contribution in [2.75, 3.05) is 45.2 Å². The molecule has 0 saturated carbocycles. The van der Waals surface area contributed by atoms with Gasteiger partial charge in [0.05, 0.1) is 12.2 Å². The van der Waals surface area contributed by atoms with Crippen molar-refractivity contribution < 1.29 is 17.9 Å². The zero-order chi connectivity index (χ0) is 22.4. The topological polar surface area (TPSA) is 15.7 Å². The number of likely N-dealkylation sites (tertiary alicyclic amines) is 1. The van der Waals surface area contributed by atoms with E-state index in [1.807, 2.05) is 14.1 Å². The molecule has 2 aromatic carbocycles. The third-order valence-corrected chi connectivity index (χ3v) is 6.13. The number of anilines is 1. The highest BCUT2D eigenvalue weighted by Crippen LogP contribution is 2.38. The van der Waals surface area contributed by atoms with Gasteiger partial charge in [0.1, 0.15) is 5.75 Å². The van der Waals surface area contributed by atoms with Crippen LogP contribution in [0.2, 0.25) is 0 Å². The molecule has 170 valence electrons. The maximum atomic E-state index is 13.4. The maximum Gasteiger partial charge on any atom is 0.419 e. The quantitative estimate of drug-likeness (QED) is 0.503. The maximum absolute atomic E-state index is 13.4. The summed E-state index contributed by atoms with van der Waals surface area (Å²) in [6.45, 7) is 5.33. The van der Waals surface area contributed by atoms with Crippen LogP contribution in [-0.4, -0.2) is 45.2 Å². The van der Waals surface area contributed by atoms with Crippen LogP contribution in [-0.2, 0) is 6.18 Å². The van der Waals surface area contributed by atoms with Gasteiger partial charge < -0.3 is 14.5 Å². The molecule has 1 aliphatic rings. The van der Waals surface area contributed by atoms with Crippen LogP contribution in [0.15, 0.2) is 48.5 Å². The van der Waals surface area contributed by atoms with Crippen LogP contribution in [0.1, 0.15) is 43.2 Å². The lowest BCUT2D eigenvalue weighted by atomic mass is 9.80. The van der Waals surface area contributed by atoms with Crippen molar-refractivity contribution in [3.8, 4) is 5.75 Å². The van der Waals surface area contributed by atoms with Gasteiger partial charge in [0.15, 0.2) is 0 Å². The van der Waals surface area contributed by atoms with E-state index in [1.54, 1.807) is 6.07 Å². The Morgan fingerprint density at radius 3 is 2.42 bits per heavy atom. The van der Waals surface area contributed by atoms with E-state index in [4.69, 9.17) is 4.74 Å². The Balaban J connectivity index is 1.78. The Hall–Kier alpha value is -2.21. The lowest BCUT2D eigenvalue weighted by Gasteiger charge is -2.39. The zero-order valence-electron chi connectivity index (χ0n) is 18.7. The Morgan fingerprint density at radius 1 is 1.06 bits per heavy atom. The molecule has 1 aliphatic heterocycles. The van der Waals surface area contributed by atoms with Crippen LogP contribution in [0, 0.1) is 5.92 Å². The van der Waals surface area contributed by atoms with Crippen LogP contribution < -0.4 is 9.64 Å². The van der Waals surface area contributed by atoms with Crippen LogP contribution in [0.3, 0.4) is 0 Å². The molecule has 31 heavy (non-hydrogen) atoms. The molecule has 0 radical (unpaired) electrons. The molecule has 3 nitrogen and oxygen atoms in total. The standard InChI is InChI=1S/C25H33F3N2O/c1-4-5-15-30-16-14-22(19-10-12-21(13-11-19)29(2)3)20(17-30)18-31-24-9-7-6-8-23(24)25(26,27)28/h6-13,20,22H,4-5,14-18H2,1-3H3/t20-,22-/m0/s1. The van der Waals surface area contributed by atoms with Crippen molar-refractivity contribution in [2.45, 2.75) is 38.3 Å². The second-order valence-corrected chi connectivity index (χ2v) is 8.60. The second-order valence-electron chi connectivity index (χ2n) is 8.60. The zero-order valence-corrected chi connectivity index (χ0v) is 18.7. The van der Waals surface area contributed by atoms with E-state index in [2.05, 4.69) is 41.0 Å². The molecule has 6 heteroatoms. The van der Waals surface area contributed by atoms with Crippen molar-refractivity contribution in [1.29, 1.82) is 0 Å². The van der Waals surface area contributed by atoms with Crippen LogP contribution in [0.5, 0.6) is 5.75 Å². The first kappa shape index (κ1) is 23.5. The number of hydrogen-bond acceptors (Lipinski definition) is 3. The molecule has 1 fully saturated rings. The molecule has 0 amide bonds. The minimum Gasteiger partial charge on any atom is -0.493 e. The normalized spacial score (nSPS) is 19.9. The van der Waals surface area contributed by atoms with E-state index in [9.17, 15) is 13.2 Å². The third-order valence-electron chi connectivity index (χ3n) is 6.13. The smallest absolute Gasteiger partial charge is 0.419 e. The molecule has 1 heterocycles. The summed E-state index contributed by atoms with van der Waals surface area (Å²) < 4.78 is 45.9. The number of benzene rings is 2. The molecule has 2 aromatic rings. The van der Waals surface area contributed by atoms with E-state index in [1.165, 1.54) is 17.7 Å². The third kappa shape index (κ3) is 6.16. The molecular weight excluding hydrogens is 401 g/mol. The monoisotopic (exact) mass is 434 g/mol. The van der Waals surface area contributed by atoms with Crippen LogP contribution in [0.4, 0.5) is 18.9 Å². The van der Waals surface area contributed by atoms with E-state index in [0.29, 0.717) is 0 Å². The van der Waals surface area contributed by atoms with Gasteiger partial charge in [-0.1, -0.05) is 37.6 Å². The summed E-state index contributed by atoms with van der Waals surface area (Å²) in [6.07, 6.45) is -1.17. The summed E-state index contributed by atoms with van der Waals surface area (Å²) in [5, 5.41) is 0.